The number of H-pyrrole nitrogens is 1. The van der Waals surface area contributed by atoms with Crippen molar-refractivity contribution in [3.8, 4) is 5.75 Å². The summed E-state index contributed by atoms with van der Waals surface area (Å²) in [7, 11) is 1.87. The summed E-state index contributed by atoms with van der Waals surface area (Å²) in [4.78, 5) is 25.1. The van der Waals surface area contributed by atoms with Crippen molar-refractivity contribution >= 4 is 22.8 Å². The molecule has 2 rings (SSSR count). The van der Waals surface area contributed by atoms with E-state index in [0.29, 0.717) is 5.75 Å². The summed E-state index contributed by atoms with van der Waals surface area (Å²) >= 11 is 0. The SMILES string of the molecule is CNCCc1c[nH]c2cccc(OC(=O)/C=C/C(=O)O)c12. The van der Waals surface area contributed by atoms with Crippen LogP contribution in [0.25, 0.3) is 10.9 Å². The molecular formula is C15H16N2O4. The number of likely N-dealkylation sites (N-methyl/N-ethyl adjacent to an activating group) is 1. The van der Waals surface area contributed by atoms with Crippen LogP contribution < -0.4 is 10.1 Å². The first kappa shape index (κ1) is 14.8. The van der Waals surface area contributed by atoms with Crippen LogP contribution in [0.2, 0.25) is 0 Å². The molecule has 0 aliphatic carbocycles. The Balaban J connectivity index is 2.28. The second kappa shape index (κ2) is 6.71. The predicted molar refractivity (Wildman–Crippen MR) is 78.3 cm³/mol. The van der Waals surface area contributed by atoms with Crippen molar-refractivity contribution < 1.29 is 19.4 Å². The maximum Gasteiger partial charge on any atom is 0.336 e. The van der Waals surface area contributed by atoms with E-state index in [1.54, 1.807) is 12.1 Å². The van der Waals surface area contributed by atoms with Crippen LogP contribution in [-0.2, 0) is 16.0 Å². The molecule has 0 saturated heterocycles. The molecule has 110 valence electrons. The van der Waals surface area contributed by atoms with Gasteiger partial charge in [-0.05, 0) is 37.7 Å². The molecule has 6 heteroatoms. The van der Waals surface area contributed by atoms with Crippen LogP contribution in [0.4, 0.5) is 0 Å². The fourth-order valence-electron chi connectivity index (χ4n) is 2.04. The zero-order valence-corrected chi connectivity index (χ0v) is 11.6. The van der Waals surface area contributed by atoms with Gasteiger partial charge in [-0.1, -0.05) is 6.07 Å². The molecule has 0 atom stereocenters. The van der Waals surface area contributed by atoms with Gasteiger partial charge in [-0.25, -0.2) is 9.59 Å². The Kier molecular flexibility index (Phi) is 4.73. The van der Waals surface area contributed by atoms with Crippen LogP contribution in [0.3, 0.4) is 0 Å². The number of aliphatic carboxylic acids is 1. The molecule has 0 radical (unpaired) electrons. The molecule has 0 amide bonds. The molecule has 1 aromatic carbocycles. The quantitative estimate of drug-likeness (QED) is 0.425. The molecule has 2 aromatic rings. The summed E-state index contributed by atoms with van der Waals surface area (Å²) in [5.74, 6) is -1.49. The van der Waals surface area contributed by atoms with Gasteiger partial charge in [0.25, 0.3) is 0 Å². The monoisotopic (exact) mass is 288 g/mol. The number of carbonyl (C=O) groups is 2. The molecule has 0 aliphatic heterocycles. The Hall–Kier alpha value is -2.60. The molecule has 0 saturated carbocycles. The average molecular weight is 288 g/mol. The fourth-order valence-corrected chi connectivity index (χ4v) is 2.04. The zero-order valence-electron chi connectivity index (χ0n) is 11.6. The van der Waals surface area contributed by atoms with Crippen LogP contribution in [0.1, 0.15) is 5.56 Å². The number of ether oxygens (including phenoxy) is 1. The number of rotatable bonds is 6. The minimum atomic E-state index is -1.19. The molecule has 0 aliphatic rings. The smallest absolute Gasteiger partial charge is 0.336 e. The van der Waals surface area contributed by atoms with Crippen molar-refractivity contribution in [3.63, 3.8) is 0 Å². The summed E-state index contributed by atoms with van der Waals surface area (Å²) in [5, 5.41) is 12.4. The lowest BCUT2D eigenvalue weighted by Crippen LogP contribution is -2.10. The lowest BCUT2D eigenvalue weighted by molar-refractivity contribution is -0.133. The third-order valence-electron chi connectivity index (χ3n) is 2.97. The number of hydrogen-bond donors (Lipinski definition) is 3. The summed E-state index contributed by atoms with van der Waals surface area (Å²) in [5.41, 5.74) is 1.90. The highest BCUT2D eigenvalue weighted by atomic mass is 16.5. The van der Waals surface area contributed by atoms with Gasteiger partial charge in [0.1, 0.15) is 5.75 Å². The zero-order chi connectivity index (χ0) is 15.2. The lowest BCUT2D eigenvalue weighted by atomic mass is 10.1. The minimum absolute atomic E-state index is 0.417. The summed E-state index contributed by atoms with van der Waals surface area (Å²) in [6, 6.07) is 5.35. The van der Waals surface area contributed by atoms with Gasteiger partial charge in [0.2, 0.25) is 0 Å². The van der Waals surface area contributed by atoms with Gasteiger partial charge in [-0.3, -0.25) is 0 Å². The number of aromatic amines is 1. The largest absolute Gasteiger partial charge is 0.478 e. The third kappa shape index (κ3) is 3.70. The van der Waals surface area contributed by atoms with Crippen molar-refractivity contribution in [3.05, 3.63) is 42.1 Å². The van der Waals surface area contributed by atoms with E-state index in [9.17, 15) is 9.59 Å². The predicted octanol–water partition coefficient (Wildman–Crippen LogP) is 1.48. The first-order valence-electron chi connectivity index (χ1n) is 6.48. The van der Waals surface area contributed by atoms with Crippen molar-refractivity contribution in [2.24, 2.45) is 0 Å². The lowest BCUT2D eigenvalue weighted by Gasteiger charge is -2.05. The second-order valence-corrected chi connectivity index (χ2v) is 4.44. The van der Waals surface area contributed by atoms with Crippen LogP contribution in [0.15, 0.2) is 36.5 Å². The van der Waals surface area contributed by atoms with Gasteiger partial charge in [0.15, 0.2) is 0 Å². The number of benzene rings is 1. The Morgan fingerprint density at radius 3 is 2.90 bits per heavy atom. The Morgan fingerprint density at radius 1 is 1.38 bits per heavy atom. The van der Waals surface area contributed by atoms with E-state index in [2.05, 4.69) is 10.3 Å². The van der Waals surface area contributed by atoms with E-state index >= 15 is 0 Å². The Labute approximate surface area is 121 Å². The van der Waals surface area contributed by atoms with Gasteiger partial charge in [-0.15, -0.1) is 0 Å². The summed E-state index contributed by atoms with van der Waals surface area (Å²) < 4.78 is 5.23. The molecule has 1 aromatic heterocycles. The van der Waals surface area contributed by atoms with E-state index in [4.69, 9.17) is 9.84 Å². The van der Waals surface area contributed by atoms with E-state index in [-0.39, 0.29) is 0 Å². The second-order valence-electron chi connectivity index (χ2n) is 4.44. The van der Waals surface area contributed by atoms with Crippen LogP contribution >= 0.6 is 0 Å². The highest BCUT2D eigenvalue weighted by Crippen LogP contribution is 2.29. The first-order valence-corrected chi connectivity index (χ1v) is 6.48. The Bertz CT molecular complexity index is 688. The molecule has 3 N–H and O–H groups in total. The van der Waals surface area contributed by atoms with E-state index in [1.165, 1.54) is 0 Å². The van der Waals surface area contributed by atoms with E-state index < -0.39 is 11.9 Å². The third-order valence-corrected chi connectivity index (χ3v) is 2.97. The molecular weight excluding hydrogens is 272 g/mol. The van der Waals surface area contributed by atoms with Crippen LogP contribution in [-0.4, -0.2) is 35.6 Å². The molecule has 21 heavy (non-hydrogen) atoms. The van der Waals surface area contributed by atoms with Crippen molar-refractivity contribution in [1.82, 2.24) is 10.3 Å². The Morgan fingerprint density at radius 2 is 2.19 bits per heavy atom. The highest BCUT2D eigenvalue weighted by molar-refractivity contribution is 5.95. The number of carbonyl (C=O) groups excluding carboxylic acids is 1. The van der Waals surface area contributed by atoms with E-state index in [0.717, 1.165) is 41.6 Å². The number of nitrogens with one attached hydrogen (secondary N) is 2. The van der Waals surface area contributed by atoms with Crippen LogP contribution in [0, 0.1) is 0 Å². The number of carboxylic acids is 1. The first-order chi connectivity index (χ1) is 10.1. The number of hydrogen-bond acceptors (Lipinski definition) is 4. The number of fused-ring (bicyclic) bond motifs is 1. The molecule has 0 fully saturated rings. The van der Waals surface area contributed by atoms with Crippen LogP contribution in [0.5, 0.6) is 5.75 Å². The number of esters is 1. The summed E-state index contributed by atoms with van der Waals surface area (Å²) in [6.45, 7) is 0.800. The maximum atomic E-state index is 11.6. The maximum absolute atomic E-state index is 11.6. The minimum Gasteiger partial charge on any atom is -0.478 e. The van der Waals surface area contributed by atoms with Crippen molar-refractivity contribution in [2.75, 3.05) is 13.6 Å². The molecule has 0 bridgehead atoms. The molecule has 1 heterocycles. The number of carboxylic acid groups (broad SMARTS) is 1. The fraction of sp³-hybridized carbons (Fsp3) is 0.200. The molecule has 6 nitrogen and oxygen atoms in total. The van der Waals surface area contributed by atoms with Gasteiger partial charge in [0.05, 0.1) is 0 Å². The van der Waals surface area contributed by atoms with Gasteiger partial charge in [-0.2, -0.15) is 0 Å². The topological polar surface area (TPSA) is 91.4 Å². The van der Waals surface area contributed by atoms with Crippen molar-refractivity contribution in [1.29, 1.82) is 0 Å². The van der Waals surface area contributed by atoms with E-state index in [1.807, 2.05) is 19.3 Å². The molecule has 0 unspecified atom stereocenters. The van der Waals surface area contributed by atoms with Gasteiger partial charge < -0.3 is 20.1 Å². The van der Waals surface area contributed by atoms with Gasteiger partial charge in [0, 0.05) is 29.3 Å². The van der Waals surface area contributed by atoms with Crippen molar-refractivity contribution in [2.45, 2.75) is 6.42 Å². The molecule has 0 spiro atoms. The van der Waals surface area contributed by atoms with Gasteiger partial charge >= 0.3 is 11.9 Å². The highest BCUT2D eigenvalue weighted by Gasteiger charge is 2.11. The summed E-state index contributed by atoms with van der Waals surface area (Å²) in [6.07, 6.45) is 4.31. The number of aromatic nitrogens is 1. The average Bonchev–Trinajstić information content (AvgIpc) is 2.87. The normalized spacial score (nSPS) is 11.1. The standard InChI is InChI=1S/C15H16N2O4/c1-16-8-7-10-9-17-11-3-2-4-12(15(10)11)21-14(20)6-5-13(18)19/h2-6,9,16-17H,7-8H2,1H3,(H,18,19)/b6-5+.